The maximum absolute atomic E-state index is 11.5. The van der Waals surface area contributed by atoms with Crippen molar-refractivity contribution in [1.29, 1.82) is 0 Å². The first kappa shape index (κ1) is 18.0. The molecule has 2 aliphatic heterocycles. The molecule has 2 aliphatic rings. The number of carbonyl (C=O) groups excluding carboxylic acids is 1. The molecule has 148 valence electrons. The lowest BCUT2D eigenvalue weighted by Gasteiger charge is -2.28. The second kappa shape index (κ2) is 7.37. The molecule has 1 saturated heterocycles. The van der Waals surface area contributed by atoms with Crippen LogP contribution in [0.1, 0.15) is 16.1 Å². The van der Waals surface area contributed by atoms with Crippen molar-refractivity contribution < 1.29 is 9.53 Å². The van der Waals surface area contributed by atoms with Gasteiger partial charge in [-0.25, -0.2) is 9.97 Å². The zero-order valence-corrected chi connectivity index (χ0v) is 16.4. The number of thiazole rings is 1. The molecule has 1 fully saturated rings. The Morgan fingerprint density at radius 3 is 2.62 bits per heavy atom. The van der Waals surface area contributed by atoms with E-state index in [1.165, 1.54) is 11.3 Å². The van der Waals surface area contributed by atoms with Crippen LogP contribution in [0.25, 0.3) is 10.7 Å². The van der Waals surface area contributed by atoms with E-state index in [-0.39, 0.29) is 5.69 Å². The van der Waals surface area contributed by atoms with Crippen LogP contribution in [0, 0.1) is 0 Å². The molecular weight excluding hydrogens is 390 g/mol. The van der Waals surface area contributed by atoms with Gasteiger partial charge in [-0.3, -0.25) is 9.78 Å². The normalized spacial score (nSPS) is 16.1. The third-order valence-corrected chi connectivity index (χ3v) is 5.89. The number of anilines is 3. The van der Waals surface area contributed by atoms with Gasteiger partial charge in [0.2, 0.25) is 5.95 Å². The van der Waals surface area contributed by atoms with Crippen molar-refractivity contribution >= 4 is 34.7 Å². The summed E-state index contributed by atoms with van der Waals surface area (Å²) in [5, 5.41) is 2.36. The highest BCUT2D eigenvalue weighted by atomic mass is 32.1. The van der Waals surface area contributed by atoms with Gasteiger partial charge >= 0.3 is 0 Å². The van der Waals surface area contributed by atoms with Crippen molar-refractivity contribution in [1.82, 2.24) is 19.9 Å². The molecule has 5 heterocycles. The summed E-state index contributed by atoms with van der Waals surface area (Å²) in [5.74, 6) is 0.988. The minimum absolute atomic E-state index is 0.259. The first-order valence-electron chi connectivity index (χ1n) is 9.37. The average Bonchev–Trinajstić information content (AvgIpc) is 3.42. The van der Waals surface area contributed by atoms with Gasteiger partial charge in [0, 0.05) is 48.7 Å². The van der Waals surface area contributed by atoms with Crippen molar-refractivity contribution in [3.8, 4) is 10.7 Å². The minimum Gasteiger partial charge on any atom is -0.378 e. The summed E-state index contributed by atoms with van der Waals surface area (Å²) in [4.78, 5) is 34.1. The number of amides is 1. The van der Waals surface area contributed by atoms with Gasteiger partial charge in [-0.1, -0.05) is 0 Å². The van der Waals surface area contributed by atoms with E-state index in [1.807, 2.05) is 12.1 Å². The van der Waals surface area contributed by atoms with E-state index in [1.54, 1.807) is 17.8 Å². The second-order valence-electron chi connectivity index (χ2n) is 6.78. The molecule has 2 N–H and O–H groups in total. The Morgan fingerprint density at radius 1 is 1.10 bits per heavy atom. The van der Waals surface area contributed by atoms with Crippen LogP contribution < -0.4 is 15.5 Å². The lowest BCUT2D eigenvalue weighted by Crippen LogP contribution is -2.37. The molecule has 0 saturated carbocycles. The molecule has 9 nitrogen and oxygen atoms in total. The van der Waals surface area contributed by atoms with Gasteiger partial charge in [-0.15, -0.1) is 11.3 Å². The van der Waals surface area contributed by atoms with Crippen LogP contribution >= 0.6 is 11.3 Å². The number of ether oxygens (including phenoxy) is 1. The number of carbonyl (C=O) groups is 1. The Balaban J connectivity index is 1.64. The van der Waals surface area contributed by atoms with E-state index >= 15 is 0 Å². The number of morpholine rings is 1. The summed E-state index contributed by atoms with van der Waals surface area (Å²) in [6, 6.07) is 3.94. The number of hydrogen-bond donors (Lipinski definition) is 1. The third-order valence-electron chi connectivity index (χ3n) is 5.04. The van der Waals surface area contributed by atoms with Gasteiger partial charge in [-0.2, -0.15) is 4.98 Å². The fourth-order valence-electron chi connectivity index (χ4n) is 3.60. The summed E-state index contributed by atoms with van der Waals surface area (Å²) < 4.78 is 5.47. The van der Waals surface area contributed by atoms with Crippen LogP contribution in [-0.2, 0) is 11.2 Å². The molecule has 1 amide bonds. The van der Waals surface area contributed by atoms with Crippen molar-refractivity contribution in [2.75, 3.05) is 42.6 Å². The molecule has 0 unspecified atom stereocenters. The third kappa shape index (κ3) is 3.30. The molecule has 29 heavy (non-hydrogen) atoms. The average molecular weight is 409 g/mol. The van der Waals surface area contributed by atoms with Crippen LogP contribution in [0.15, 0.2) is 29.9 Å². The van der Waals surface area contributed by atoms with Crippen LogP contribution in [0.5, 0.6) is 0 Å². The number of nitrogens with zero attached hydrogens (tertiary/aromatic N) is 6. The van der Waals surface area contributed by atoms with Crippen LogP contribution in [-0.4, -0.2) is 58.7 Å². The molecule has 0 bridgehead atoms. The predicted octanol–water partition coefficient (Wildman–Crippen LogP) is 1.62. The molecule has 10 heteroatoms. The Bertz CT molecular complexity index is 1050. The number of pyridine rings is 1. The van der Waals surface area contributed by atoms with Gasteiger partial charge in [-0.05, 0) is 18.6 Å². The maximum Gasteiger partial charge on any atom is 0.268 e. The fraction of sp³-hybridized carbons (Fsp3) is 0.316. The maximum atomic E-state index is 11.5. The highest BCUT2D eigenvalue weighted by Crippen LogP contribution is 2.39. The van der Waals surface area contributed by atoms with Crippen molar-refractivity contribution in [2.45, 2.75) is 6.42 Å². The van der Waals surface area contributed by atoms with E-state index in [0.717, 1.165) is 48.8 Å². The Kier molecular flexibility index (Phi) is 4.57. The fourth-order valence-corrected chi connectivity index (χ4v) is 4.42. The molecule has 5 rings (SSSR count). The van der Waals surface area contributed by atoms with E-state index < -0.39 is 5.91 Å². The van der Waals surface area contributed by atoms with Gasteiger partial charge in [0.25, 0.3) is 5.91 Å². The lowest BCUT2D eigenvalue weighted by molar-refractivity contribution is 0.0996. The molecule has 0 radical (unpaired) electrons. The van der Waals surface area contributed by atoms with Gasteiger partial charge < -0.3 is 20.3 Å². The predicted molar refractivity (Wildman–Crippen MR) is 110 cm³/mol. The second-order valence-corrected chi connectivity index (χ2v) is 7.64. The van der Waals surface area contributed by atoms with Crippen molar-refractivity contribution in [2.24, 2.45) is 5.73 Å². The van der Waals surface area contributed by atoms with Crippen molar-refractivity contribution in [3.63, 3.8) is 0 Å². The standard InChI is InChI=1S/C19H19N7O2S/c20-16(27)14-11-29-18(22-14)15-13-3-6-26(12-1-4-21-5-2-12)17(13)24-19(23-15)25-7-9-28-10-8-25/h1-2,4-5,11H,3,6-10H2,(H2,20,27). The first-order valence-corrected chi connectivity index (χ1v) is 10.3. The van der Waals surface area contributed by atoms with Gasteiger partial charge in [0.05, 0.1) is 13.2 Å². The molecule has 0 aliphatic carbocycles. The minimum atomic E-state index is -0.537. The van der Waals surface area contributed by atoms with E-state index in [4.69, 9.17) is 20.4 Å². The zero-order chi connectivity index (χ0) is 19.8. The number of nitrogens with two attached hydrogens (primary N) is 1. The topological polar surface area (TPSA) is 110 Å². The number of primary amides is 1. The molecule has 0 spiro atoms. The molecule has 3 aromatic rings. The van der Waals surface area contributed by atoms with Gasteiger partial charge in [0.1, 0.15) is 22.2 Å². The van der Waals surface area contributed by atoms with Gasteiger partial charge in [0.15, 0.2) is 0 Å². The summed E-state index contributed by atoms with van der Waals surface area (Å²) >= 11 is 1.38. The number of hydrogen-bond acceptors (Lipinski definition) is 9. The summed E-state index contributed by atoms with van der Waals surface area (Å²) in [6.07, 6.45) is 4.35. The monoisotopic (exact) mass is 409 g/mol. The van der Waals surface area contributed by atoms with Crippen molar-refractivity contribution in [3.05, 3.63) is 41.2 Å². The van der Waals surface area contributed by atoms with E-state index in [2.05, 4.69) is 19.8 Å². The van der Waals surface area contributed by atoms with Crippen LogP contribution in [0.4, 0.5) is 17.5 Å². The summed E-state index contributed by atoms with van der Waals surface area (Å²) in [7, 11) is 0. The number of aromatic nitrogens is 4. The highest BCUT2D eigenvalue weighted by Gasteiger charge is 2.30. The van der Waals surface area contributed by atoms with Crippen LogP contribution in [0.2, 0.25) is 0 Å². The summed E-state index contributed by atoms with van der Waals surface area (Å²) in [5.41, 5.74) is 8.49. The molecular formula is C19H19N7O2S. The van der Waals surface area contributed by atoms with Crippen LogP contribution in [0.3, 0.4) is 0 Å². The van der Waals surface area contributed by atoms with E-state index in [0.29, 0.717) is 24.2 Å². The largest absolute Gasteiger partial charge is 0.378 e. The SMILES string of the molecule is NC(=O)c1csc(-c2nc(N3CCOCC3)nc3c2CCN3c2ccncc2)n1. The Labute approximate surface area is 171 Å². The first-order chi connectivity index (χ1) is 14.2. The Morgan fingerprint density at radius 2 is 1.90 bits per heavy atom. The molecule has 0 aromatic carbocycles. The smallest absolute Gasteiger partial charge is 0.268 e. The number of fused-ring (bicyclic) bond motifs is 1. The zero-order valence-electron chi connectivity index (χ0n) is 15.6. The summed E-state index contributed by atoms with van der Waals surface area (Å²) in [6.45, 7) is 3.55. The quantitative estimate of drug-likeness (QED) is 0.692. The number of rotatable bonds is 4. The highest BCUT2D eigenvalue weighted by molar-refractivity contribution is 7.13. The van der Waals surface area contributed by atoms with E-state index in [9.17, 15) is 4.79 Å². The molecule has 0 atom stereocenters. The molecule has 3 aromatic heterocycles. The Hall–Kier alpha value is -3.11. The lowest BCUT2D eigenvalue weighted by atomic mass is 10.2.